The maximum absolute atomic E-state index is 14.6. The smallest absolute Gasteiger partial charge is 0.316 e. The zero-order valence-corrected chi connectivity index (χ0v) is 30.0. The molecule has 0 radical (unpaired) electrons. The number of sulfonamides is 1. The number of amides is 3. The van der Waals surface area contributed by atoms with Crippen LogP contribution >= 0.6 is 0 Å². The highest BCUT2D eigenvalue weighted by molar-refractivity contribution is 7.89. The quantitative estimate of drug-likeness (QED) is 0.260. The molecule has 5 rings (SSSR count). The number of hydrogen-bond donors (Lipinski definition) is 2. The summed E-state index contributed by atoms with van der Waals surface area (Å²) in [5.41, 5.74) is 0.136. The number of carbonyl (C=O) groups excluding carboxylic acids is 2. The standard InChI is InChI=1S/C35H50N4O10S/c1-35(2,15-9-16-36-33(41)37(3)4)23-38(50(44,45)30-13-8-12-29-31(30)47-19-18-46-29)21-28(40)26(20-24-10-6-5-7-11-24)39(34(42)43)27-22-49-32-25(27)14-17-48-32/h5-8,10-13,25-28,32,40H,9,14-23H2,1-4H3,(H,36,41)(H,42,43)/p-1/t25-,26-,27-,28+,32+/m0/s1. The van der Waals surface area contributed by atoms with Gasteiger partial charge < -0.3 is 49.1 Å². The predicted molar refractivity (Wildman–Crippen MR) is 181 cm³/mol. The van der Waals surface area contributed by atoms with Crippen LogP contribution < -0.4 is 19.9 Å². The predicted octanol–water partition coefficient (Wildman–Crippen LogP) is 1.91. The second-order valence-corrected chi connectivity index (χ2v) is 16.0. The average Bonchev–Trinajstić information content (AvgIpc) is 3.71. The number of aliphatic hydroxyl groups is 1. The van der Waals surface area contributed by atoms with Crippen LogP contribution in [-0.2, 0) is 25.9 Å². The lowest BCUT2D eigenvalue weighted by Gasteiger charge is -2.43. The zero-order chi connectivity index (χ0) is 36.1. The Morgan fingerprint density at radius 1 is 1.04 bits per heavy atom. The van der Waals surface area contributed by atoms with E-state index in [0.717, 1.165) is 10.5 Å². The second kappa shape index (κ2) is 16.1. The number of rotatable bonds is 15. The van der Waals surface area contributed by atoms with E-state index in [9.17, 15) is 28.2 Å². The van der Waals surface area contributed by atoms with Gasteiger partial charge >= 0.3 is 6.03 Å². The van der Waals surface area contributed by atoms with Gasteiger partial charge in [-0.15, -0.1) is 0 Å². The molecule has 14 nitrogen and oxygen atoms in total. The van der Waals surface area contributed by atoms with E-state index in [1.165, 1.54) is 15.3 Å². The number of benzene rings is 2. The van der Waals surface area contributed by atoms with Crippen LogP contribution in [0.2, 0.25) is 0 Å². The van der Waals surface area contributed by atoms with Gasteiger partial charge in [0.15, 0.2) is 17.8 Å². The van der Waals surface area contributed by atoms with Crippen molar-refractivity contribution in [3.8, 4) is 11.5 Å². The molecule has 3 heterocycles. The van der Waals surface area contributed by atoms with Crippen molar-refractivity contribution >= 4 is 22.1 Å². The summed E-state index contributed by atoms with van der Waals surface area (Å²) < 4.78 is 53.4. The number of ether oxygens (including phenoxy) is 4. The normalized spacial score (nSPS) is 21.4. The fraction of sp³-hybridized carbons (Fsp3) is 0.600. The monoisotopic (exact) mass is 717 g/mol. The second-order valence-electron chi connectivity index (χ2n) is 14.1. The van der Waals surface area contributed by atoms with E-state index in [4.69, 9.17) is 18.9 Å². The number of para-hydroxylation sites is 1. The van der Waals surface area contributed by atoms with E-state index in [-0.39, 0.29) is 55.4 Å². The molecule has 0 aliphatic carbocycles. The summed E-state index contributed by atoms with van der Waals surface area (Å²) in [6, 6.07) is 11.8. The number of nitrogens with zero attached hydrogens (tertiary/aromatic N) is 3. The number of urea groups is 1. The Kier molecular flexibility index (Phi) is 12.2. The maximum Gasteiger partial charge on any atom is 0.316 e. The van der Waals surface area contributed by atoms with E-state index in [1.54, 1.807) is 26.2 Å². The first kappa shape index (κ1) is 37.6. The van der Waals surface area contributed by atoms with Crippen LogP contribution in [0.15, 0.2) is 53.4 Å². The Bertz CT molecular complexity index is 1570. The number of nitrogens with one attached hydrogen (secondary N) is 1. The highest BCUT2D eigenvalue weighted by atomic mass is 32.2. The first-order valence-electron chi connectivity index (χ1n) is 17.1. The van der Waals surface area contributed by atoms with Crippen molar-refractivity contribution in [1.82, 2.24) is 19.4 Å². The fourth-order valence-electron chi connectivity index (χ4n) is 6.97. The minimum absolute atomic E-state index is 0.0208. The summed E-state index contributed by atoms with van der Waals surface area (Å²) in [6.45, 7) is 4.71. The molecule has 2 N–H and O–H groups in total. The summed E-state index contributed by atoms with van der Waals surface area (Å²) in [5, 5.41) is 27.9. The van der Waals surface area contributed by atoms with Crippen molar-refractivity contribution in [3.05, 3.63) is 54.1 Å². The molecule has 3 aliphatic rings. The van der Waals surface area contributed by atoms with Crippen molar-refractivity contribution in [2.75, 3.05) is 60.2 Å². The molecule has 3 amide bonds. The molecule has 2 aromatic carbocycles. The van der Waals surface area contributed by atoms with Crippen LogP contribution in [0.1, 0.15) is 38.7 Å². The van der Waals surface area contributed by atoms with Gasteiger partial charge in [-0.1, -0.05) is 50.2 Å². The summed E-state index contributed by atoms with van der Waals surface area (Å²) in [7, 11) is -1.05. The minimum Gasteiger partial charge on any atom is -0.530 e. The molecule has 276 valence electrons. The molecule has 5 atom stereocenters. The molecule has 2 saturated heterocycles. The molecule has 0 bridgehead atoms. The summed E-state index contributed by atoms with van der Waals surface area (Å²) >= 11 is 0. The highest BCUT2D eigenvalue weighted by Crippen LogP contribution is 2.40. The Morgan fingerprint density at radius 3 is 2.50 bits per heavy atom. The Labute approximate surface area is 294 Å². The maximum atomic E-state index is 14.6. The summed E-state index contributed by atoms with van der Waals surface area (Å²) in [6.07, 6.45) is -1.72. The first-order chi connectivity index (χ1) is 23.8. The molecule has 0 saturated carbocycles. The van der Waals surface area contributed by atoms with Gasteiger partial charge in [0.2, 0.25) is 10.0 Å². The molecule has 0 unspecified atom stereocenters. The summed E-state index contributed by atoms with van der Waals surface area (Å²) in [5.74, 6) is 0.140. The van der Waals surface area contributed by atoms with E-state index in [0.29, 0.717) is 38.2 Å². The van der Waals surface area contributed by atoms with Gasteiger partial charge in [0, 0.05) is 39.6 Å². The zero-order valence-electron chi connectivity index (χ0n) is 29.2. The van der Waals surface area contributed by atoms with Crippen LogP contribution in [0.4, 0.5) is 9.59 Å². The Morgan fingerprint density at radius 2 is 1.78 bits per heavy atom. The number of aliphatic hydroxyl groups excluding tert-OH is 1. The van der Waals surface area contributed by atoms with E-state index in [2.05, 4.69) is 5.32 Å². The van der Waals surface area contributed by atoms with E-state index >= 15 is 0 Å². The molecular formula is C35H49N4O10S-. The van der Waals surface area contributed by atoms with Crippen molar-refractivity contribution in [2.45, 2.75) is 68.9 Å². The lowest BCUT2D eigenvalue weighted by molar-refractivity contribution is -0.273. The van der Waals surface area contributed by atoms with Crippen LogP contribution in [0.5, 0.6) is 11.5 Å². The molecule has 15 heteroatoms. The lowest BCUT2D eigenvalue weighted by atomic mass is 9.87. The molecule has 50 heavy (non-hydrogen) atoms. The SMILES string of the molecule is CN(C)C(=O)NCCCC(C)(C)CN(C[C@@H](O)[C@H](Cc1ccccc1)N(C(=O)[O-])[C@H]1CO[C@H]2OCC[C@H]21)S(=O)(=O)c1cccc2c1OCCO2. The first-order valence-corrected chi connectivity index (χ1v) is 18.5. The topological polar surface area (TPSA) is 170 Å². The number of hydrogen-bond acceptors (Lipinski definition) is 10. The largest absolute Gasteiger partial charge is 0.530 e. The number of carbonyl (C=O) groups is 2. The third-order valence-electron chi connectivity index (χ3n) is 9.52. The minimum atomic E-state index is -4.35. The van der Waals surface area contributed by atoms with Crippen molar-refractivity contribution in [3.63, 3.8) is 0 Å². The Hall–Kier alpha value is -3.63. The molecule has 2 fully saturated rings. The van der Waals surface area contributed by atoms with Gasteiger partial charge in [-0.05, 0) is 48.8 Å². The number of fused-ring (bicyclic) bond motifs is 2. The van der Waals surface area contributed by atoms with Gasteiger partial charge in [0.25, 0.3) is 0 Å². The lowest BCUT2D eigenvalue weighted by Crippen LogP contribution is -2.61. The van der Waals surface area contributed by atoms with Crippen molar-refractivity contribution in [2.24, 2.45) is 11.3 Å². The third kappa shape index (κ3) is 8.80. The highest BCUT2D eigenvalue weighted by Gasteiger charge is 2.48. The van der Waals surface area contributed by atoms with Gasteiger partial charge in [-0.2, -0.15) is 4.31 Å². The summed E-state index contributed by atoms with van der Waals surface area (Å²) in [4.78, 5) is 27.5. The fourth-order valence-corrected chi connectivity index (χ4v) is 8.76. The molecule has 2 aromatic rings. The van der Waals surface area contributed by atoms with E-state index in [1.807, 2.05) is 44.2 Å². The molecule has 3 aliphatic heterocycles. The van der Waals surface area contributed by atoms with Gasteiger partial charge in [0.1, 0.15) is 24.2 Å². The third-order valence-corrected chi connectivity index (χ3v) is 11.4. The van der Waals surface area contributed by atoms with Gasteiger partial charge in [0.05, 0.1) is 31.4 Å². The number of carboxylic acid groups (broad SMARTS) is 1. The average molecular weight is 718 g/mol. The van der Waals surface area contributed by atoms with E-state index < -0.39 is 52.6 Å². The molecular weight excluding hydrogens is 668 g/mol. The van der Waals surface area contributed by atoms with Crippen molar-refractivity contribution < 1.29 is 47.2 Å². The Balaban J connectivity index is 1.47. The van der Waals surface area contributed by atoms with Crippen LogP contribution in [-0.4, -0.2) is 124 Å². The molecule has 0 aromatic heterocycles. The van der Waals surface area contributed by atoms with Gasteiger partial charge in [-0.25, -0.2) is 13.2 Å². The molecule has 0 spiro atoms. The van der Waals surface area contributed by atoms with Crippen LogP contribution in [0, 0.1) is 11.3 Å². The van der Waals surface area contributed by atoms with Crippen LogP contribution in [0.3, 0.4) is 0 Å². The van der Waals surface area contributed by atoms with Crippen LogP contribution in [0.25, 0.3) is 0 Å². The van der Waals surface area contributed by atoms with Gasteiger partial charge in [-0.3, -0.25) is 0 Å². The van der Waals surface area contributed by atoms with Crippen molar-refractivity contribution in [1.29, 1.82) is 0 Å².